The number of anilines is 1. The number of rotatable bonds is 3. The highest BCUT2D eigenvalue weighted by Gasteiger charge is 2.23. The minimum Gasteiger partial charge on any atom is -0.478 e. The number of carboxylic acid groups (broad SMARTS) is 1. The summed E-state index contributed by atoms with van der Waals surface area (Å²) >= 11 is 3.24. The number of nitrogens with one attached hydrogen (secondary N) is 1. The van der Waals surface area contributed by atoms with Gasteiger partial charge >= 0.3 is 12.0 Å². The Labute approximate surface area is 131 Å². The monoisotopic (exact) mass is 356 g/mol. The van der Waals surface area contributed by atoms with E-state index in [4.69, 9.17) is 9.84 Å². The van der Waals surface area contributed by atoms with Crippen LogP contribution in [-0.2, 0) is 4.74 Å². The number of hydrogen-bond acceptors (Lipinski definition) is 3. The lowest BCUT2D eigenvalue weighted by atomic mass is 10.1. The Balaban J connectivity index is 2.07. The first-order valence-electron chi connectivity index (χ1n) is 6.62. The van der Waals surface area contributed by atoms with Gasteiger partial charge in [0.1, 0.15) is 0 Å². The molecular weight excluding hydrogens is 340 g/mol. The first kappa shape index (κ1) is 15.8. The molecule has 1 aromatic carbocycles. The number of carbonyl (C=O) groups excluding carboxylic acids is 1. The van der Waals surface area contributed by atoms with Gasteiger partial charge in [-0.2, -0.15) is 0 Å². The number of ether oxygens (including phenoxy) is 1. The molecule has 114 valence electrons. The predicted molar refractivity (Wildman–Crippen MR) is 81.7 cm³/mol. The Morgan fingerprint density at radius 1 is 1.43 bits per heavy atom. The minimum atomic E-state index is -1.04. The lowest BCUT2D eigenvalue weighted by Gasteiger charge is -2.31. The Morgan fingerprint density at radius 2 is 2.19 bits per heavy atom. The van der Waals surface area contributed by atoms with Crippen molar-refractivity contribution in [2.75, 3.05) is 25.5 Å². The number of likely N-dealkylation sites (tertiary alicyclic amines) is 1. The summed E-state index contributed by atoms with van der Waals surface area (Å²) in [5.41, 5.74) is 0.569. The van der Waals surface area contributed by atoms with E-state index in [-0.39, 0.29) is 17.7 Å². The van der Waals surface area contributed by atoms with Crippen LogP contribution in [0.4, 0.5) is 10.5 Å². The van der Waals surface area contributed by atoms with Gasteiger partial charge in [0.05, 0.1) is 11.7 Å². The Hall–Kier alpha value is -1.60. The highest BCUT2D eigenvalue weighted by Crippen LogP contribution is 2.21. The normalized spacial score (nSPS) is 18.4. The quantitative estimate of drug-likeness (QED) is 0.872. The van der Waals surface area contributed by atoms with E-state index in [9.17, 15) is 9.59 Å². The van der Waals surface area contributed by atoms with Crippen molar-refractivity contribution in [1.82, 2.24) is 4.90 Å². The highest BCUT2D eigenvalue weighted by molar-refractivity contribution is 9.10. The topological polar surface area (TPSA) is 78.9 Å². The number of piperidine rings is 1. The summed E-state index contributed by atoms with van der Waals surface area (Å²) in [4.78, 5) is 24.9. The lowest BCUT2D eigenvalue weighted by Crippen LogP contribution is -2.44. The van der Waals surface area contributed by atoms with Crippen LogP contribution in [0.5, 0.6) is 0 Å². The molecule has 0 spiro atoms. The number of methoxy groups -OCH3 is 1. The van der Waals surface area contributed by atoms with Gasteiger partial charge in [0.2, 0.25) is 0 Å². The van der Waals surface area contributed by atoms with Crippen molar-refractivity contribution < 1.29 is 19.4 Å². The fourth-order valence-corrected chi connectivity index (χ4v) is 2.80. The summed E-state index contributed by atoms with van der Waals surface area (Å²) < 4.78 is 5.89. The lowest BCUT2D eigenvalue weighted by molar-refractivity contribution is 0.0458. The number of urea groups is 1. The molecule has 1 atom stereocenters. The number of halogens is 1. The molecule has 0 bridgehead atoms. The average molecular weight is 357 g/mol. The van der Waals surface area contributed by atoms with E-state index >= 15 is 0 Å². The molecule has 1 heterocycles. The first-order valence-corrected chi connectivity index (χ1v) is 7.41. The molecule has 0 aromatic heterocycles. The maximum Gasteiger partial charge on any atom is 0.335 e. The molecule has 2 N–H and O–H groups in total. The van der Waals surface area contributed by atoms with E-state index in [0.29, 0.717) is 23.2 Å². The maximum absolute atomic E-state index is 12.2. The van der Waals surface area contributed by atoms with Gasteiger partial charge in [-0.05, 0) is 31.0 Å². The van der Waals surface area contributed by atoms with Crippen molar-refractivity contribution in [2.24, 2.45) is 0 Å². The highest BCUT2D eigenvalue weighted by atomic mass is 79.9. The smallest absolute Gasteiger partial charge is 0.335 e. The first-order chi connectivity index (χ1) is 9.99. The third-order valence-electron chi connectivity index (χ3n) is 3.39. The van der Waals surface area contributed by atoms with Crippen LogP contribution in [0, 0.1) is 0 Å². The zero-order valence-corrected chi connectivity index (χ0v) is 13.2. The van der Waals surface area contributed by atoms with Crippen LogP contribution >= 0.6 is 15.9 Å². The van der Waals surface area contributed by atoms with E-state index < -0.39 is 5.97 Å². The fourth-order valence-electron chi connectivity index (χ4n) is 2.30. The second-order valence-corrected chi connectivity index (χ2v) is 5.83. The van der Waals surface area contributed by atoms with Gasteiger partial charge in [-0.15, -0.1) is 0 Å². The summed E-state index contributed by atoms with van der Waals surface area (Å²) in [6.07, 6.45) is 1.90. The number of carbonyl (C=O) groups is 2. The van der Waals surface area contributed by atoms with Crippen molar-refractivity contribution in [3.63, 3.8) is 0 Å². The van der Waals surface area contributed by atoms with Gasteiger partial charge < -0.3 is 20.1 Å². The average Bonchev–Trinajstić information content (AvgIpc) is 2.46. The van der Waals surface area contributed by atoms with Crippen molar-refractivity contribution in [3.05, 3.63) is 28.2 Å². The Morgan fingerprint density at radius 3 is 2.86 bits per heavy atom. The van der Waals surface area contributed by atoms with Crippen LogP contribution in [0.2, 0.25) is 0 Å². The molecule has 2 amide bonds. The Bertz CT molecular complexity index is 550. The zero-order chi connectivity index (χ0) is 15.4. The number of amides is 2. The SMILES string of the molecule is COC1CCCN(C(=O)Nc2cc(Br)cc(C(=O)O)c2)C1. The van der Waals surface area contributed by atoms with Crippen LogP contribution in [0.25, 0.3) is 0 Å². The Kier molecular flexibility index (Phi) is 5.19. The molecule has 0 radical (unpaired) electrons. The molecule has 1 aliphatic rings. The zero-order valence-electron chi connectivity index (χ0n) is 11.6. The van der Waals surface area contributed by atoms with E-state index in [1.807, 2.05) is 0 Å². The van der Waals surface area contributed by atoms with E-state index in [1.54, 1.807) is 18.1 Å². The molecule has 1 aromatic rings. The van der Waals surface area contributed by atoms with Crippen LogP contribution < -0.4 is 5.32 Å². The van der Waals surface area contributed by atoms with Crippen molar-refractivity contribution in [2.45, 2.75) is 18.9 Å². The third kappa shape index (κ3) is 4.18. The van der Waals surface area contributed by atoms with Crippen LogP contribution in [0.15, 0.2) is 22.7 Å². The van der Waals surface area contributed by atoms with Crippen molar-refractivity contribution >= 4 is 33.6 Å². The standard InChI is InChI=1S/C14H17BrN2O4/c1-21-12-3-2-4-17(8-12)14(20)16-11-6-9(13(18)19)5-10(15)7-11/h5-7,12H,2-4,8H2,1H3,(H,16,20)(H,18,19). The predicted octanol–water partition coefficient (Wildman–Crippen LogP) is 2.79. The van der Waals surface area contributed by atoms with Gasteiger partial charge in [0, 0.05) is 30.4 Å². The number of nitrogens with zero attached hydrogens (tertiary/aromatic N) is 1. The maximum atomic E-state index is 12.2. The van der Waals surface area contributed by atoms with Gasteiger partial charge in [-0.25, -0.2) is 9.59 Å². The largest absolute Gasteiger partial charge is 0.478 e. The number of benzene rings is 1. The van der Waals surface area contributed by atoms with Crippen LogP contribution in [-0.4, -0.2) is 48.3 Å². The molecule has 2 rings (SSSR count). The second kappa shape index (κ2) is 6.91. The summed E-state index contributed by atoms with van der Waals surface area (Å²) in [5.74, 6) is -1.04. The molecule has 7 heteroatoms. The molecule has 0 aliphatic carbocycles. The van der Waals surface area contributed by atoms with E-state index in [0.717, 1.165) is 12.8 Å². The van der Waals surface area contributed by atoms with Crippen LogP contribution in [0.1, 0.15) is 23.2 Å². The van der Waals surface area contributed by atoms with Crippen LogP contribution in [0.3, 0.4) is 0 Å². The third-order valence-corrected chi connectivity index (χ3v) is 3.85. The number of carboxylic acids is 1. The van der Waals surface area contributed by atoms with E-state index in [1.165, 1.54) is 12.1 Å². The minimum absolute atomic E-state index is 0.0570. The summed E-state index contributed by atoms with van der Waals surface area (Å²) in [5, 5.41) is 11.8. The van der Waals surface area contributed by atoms with Gasteiger partial charge in [0.15, 0.2) is 0 Å². The van der Waals surface area contributed by atoms with Gasteiger partial charge in [0.25, 0.3) is 0 Å². The molecule has 1 aliphatic heterocycles. The van der Waals surface area contributed by atoms with Crippen molar-refractivity contribution in [1.29, 1.82) is 0 Å². The van der Waals surface area contributed by atoms with Gasteiger partial charge in [-0.3, -0.25) is 0 Å². The van der Waals surface area contributed by atoms with Gasteiger partial charge in [-0.1, -0.05) is 15.9 Å². The number of hydrogen-bond donors (Lipinski definition) is 2. The van der Waals surface area contributed by atoms with E-state index in [2.05, 4.69) is 21.2 Å². The summed E-state index contributed by atoms with van der Waals surface area (Å²) in [6, 6.07) is 4.34. The summed E-state index contributed by atoms with van der Waals surface area (Å²) in [6.45, 7) is 1.22. The molecule has 6 nitrogen and oxygen atoms in total. The number of aromatic carboxylic acids is 1. The molecule has 0 saturated carbocycles. The molecule has 1 fully saturated rings. The molecule has 1 unspecified atom stereocenters. The molecular formula is C14H17BrN2O4. The molecule has 1 saturated heterocycles. The fraction of sp³-hybridized carbons (Fsp3) is 0.429. The second-order valence-electron chi connectivity index (χ2n) is 4.91. The summed E-state index contributed by atoms with van der Waals surface area (Å²) in [7, 11) is 1.64. The molecule has 21 heavy (non-hydrogen) atoms. The van der Waals surface area contributed by atoms with Crippen molar-refractivity contribution in [3.8, 4) is 0 Å².